The van der Waals surface area contributed by atoms with E-state index in [-0.39, 0.29) is 23.9 Å². The SMILES string of the molecule is CCCCCC(=O)C=C[C@@H]1[C@@H]2C[C@@H](OCCOC(c3ccccc3)(c3ccccc3)c3ccccc3)C[C@H]2C[C@H]1O. The van der Waals surface area contributed by atoms with Crippen molar-refractivity contribution in [1.29, 1.82) is 0 Å². The largest absolute Gasteiger partial charge is 0.392 e. The number of rotatable bonds is 14. The number of fused-ring (bicyclic) bond motifs is 1. The molecular formula is C37H44O4. The highest BCUT2D eigenvalue weighted by atomic mass is 16.5. The van der Waals surface area contributed by atoms with Crippen LogP contribution < -0.4 is 0 Å². The molecule has 0 amide bonds. The number of hydrogen-bond donors (Lipinski definition) is 1. The number of carbonyl (C=O) groups excluding carboxylic acids is 1. The lowest BCUT2D eigenvalue weighted by molar-refractivity contribution is -0.114. The standard InChI is InChI=1S/C37H44O4/c1-2-3-7-20-32(38)21-22-34-35-27-33(25-28(35)26-36(34)39)40-23-24-41-37(29-14-8-4-9-15-29,30-16-10-5-11-17-30)31-18-12-6-13-19-31/h4-6,8-19,21-22,28,33-36,39H,2-3,7,20,23-27H2,1H3/t28-,33-,34+,35+,36+/m0/s1. The van der Waals surface area contributed by atoms with Crippen LogP contribution in [0.5, 0.6) is 0 Å². The molecule has 0 spiro atoms. The molecule has 0 saturated heterocycles. The Labute approximate surface area is 245 Å². The molecule has 3 aromatic carbocycles. The zero-order chi connectivity index (χ0) is 28.5. The van der Waals surface area contributed by atoms with E-state index in [1.54, 1.807) is 6.08 Å². The number of ether oxygens (including phenoxy) is 2. The predicted octanol–water partition coefficient (Wildman–Crippen LogP) is 7.49. The second kappa shape index (κ2) is 14.2. The molecule has 0 bridgehead atoms. The Hall–Kier alpha value is -3.05. The number of ketones is 1. The summed E-state index contributed by atoms with van der Waals surface area (Å²) in [6, 6.07) is 31.3. The maximum absolute atomic E-state index is 12.3. The van der Waals surface area contributed by atoms with Crippen LogP contribution in [0.15, 0.2) is 103 Å². The van der Waals surface area contributed by atoms with Crippen LogP contribution in [-0.4, -0.2) is 36.3 Å². The number of carbonyl (C=O) groups is 1. The van der Waals surface area contributed by atoms with Gasteiger partial charge in [0.1, 0.15) is 5.60 Å². The summed E-state index contributed by atoms with van der Waals surface area (Å²) in [5.41, 5.74) is 2.50. The van der Waals surface area contributed by atoms with Crippen LogP contribution in [0.4, 0.5) is 0 Å². The third-order valence-electron chi connectivity index (χ3n) is 9.02. The molecule has 0 aromatic heterocycles. The molecule has 0 aliphatic heterocycles. The van der Waals surface area contributed by atoms with Crippen LogP contribution in [0.2, 0.25) is 0 Å². The molecule has 0 unspecified atom stereocenters. The van der Waals surface area contributed by atoms with Gasteiger partial charge < -0.3 is 14.6 Å². The highest BCUT2D eigenvalue weighted by Crippen LogP contribution is 2.49. The average Bonchev–Trinajstić information content (AvgIpc) is 3.53. The van der Waals surface area contributed by atoms with E-state index >= 15 is 0 Å². The lowest BCUT2D eigenvalue weighted by atomic mass is 9.80. The molecule has 0 heterocycles. The Bertz CT molecular complexity index is 1140. The van der Waals surface area contributed by atoms with Crippen LogP contribution in [-0.2, 0) is 19.9 Å². The third-order valence-corrected chi connectivity index (χ3v) is 9.02. The lowest BCUT2D eigenvalue weighted by Gasteiger charge is -2.36. The highest BCUT2D eigenvalue weighted by Gasteiger charge is 2.47. The molecule has 5 atom stereocenters. The van der Waals surface area contributed by atoms with Crippen molar-refractivity contribution in [2.45, 2.75) is 69.7 Å². The minimum Gasteiger partial charge on any atom is -0.392 e. The molecule has 1 N–H and O–H groups in total. The Morgan fingerprint density at radius 1 is 0.829 bits per heavy atom. The zero-order valence-corrected chi connectivity index (χ0v) is 24.2. The molecule has 2 aliphatic carbocycles. The summed E-state index contributed by atoms with van der Waals surface area (Å²) >= 11 is 0. The monoisotopic (exact) mass is 552 g/mol. The first-order valence-electron chi connectivity index (χ1n) is 15.4. The summed E-state index contributed by atoms with van der Waals surface area (Å²) in [4.78, 5) is 12.3. The van der Waals surface area contributed by atoms with E-state index in [0.29, 0.717) is 31.5 Å². The predicted molar refractivity (Wildman–Crippen MR) is 164 cm³/mol. The van der Waals surface area contributed by atoms with Crippen LogP contribution in [0.25, 0.3) is 0 Å². The molecule has 2 fully saturated rings. The molecule has 0 radical (unpaired) electrons. The second-order valence-corrected chi connectivity index (χ2v) is 11.7. The fourth-order valence-electron chi connectivity index (χ4n) is 7.04. The zero-order valence-electron chi connectivity index (χ0n) is 24.2. The molecule has 3 aromatic rings. The molecule has 4 heteroatoms. The van der Waals surface area contributed by atoms with Crippen molar-refractivity contribution in [3.8, 4) is 0 Å². The number of allylic oxidation sites excluding steroid dienone is 1. The van der Waals surface area contributed by atoms with Gasteiger partial charge in [-0.25, -0.2) is 0 Å². The minimum atomic E-state index is -0.747. The van der Waals surface area contributed by atoms with Gasteiger partial charge >= 0.3 is 0 Å². The van der Waals surface area contributed by atoms with Gasteiger partial charge in [-0.05, 0) is 60.3 Å². The molecule has 216 valence electrons. The van der Waals surface area contributed by atoms with Gasteiger partial charge in [0.15, 0.2) is 5.78 Å². The Kier molecular flexibility index (Phi) is 10.2. The van der Waals surface area contributed by atoms with Gasteiger partial charge in [-0.15, -0.1) is 0 Å². The maximum atomic E-state index is 12.3. The normalized spacial score (nSPS) is 24.1. The summed E-state index contributed by atoms with van der Waals surface area (Å²) < 4.78 is 13.3. The number of aliphatic hydroxyl groups excluding tert-OH is 1. The lowest BCUT2D eigenvalue weighted by Crippen LogP contribution is -2.34. The van der Waals surface area contributed by atoms with Crippen LogP contribution in [0.3, 0.4) is 0 Å². The first kappa shape index (κ1) is 29.4. The van der Waals surface area contributed by atoms with Crippen molar-refractivity contribution in [2.75, 3.05) is 13.2 Å². The van der Waals surface area contributed by atoms with Gasteiger partial charge in [0, 0.05) is 12.3 Å². The average molecular weight is 553 g/mol. The summed E-state index contributed by atoms with van der Waals surface area (Å²) in [5, 5.41) is 10.7. The van der Waals surface area contributed by atoms with E-state index in [1.165, 1.54) is 0 Å². The quantitative estimate of drug-likeness (QED) is 0.128. The number of unbranched alkanes of at least 4 members (excludes halogenated alkanes) is 2. The van der Waals surface area contributed by atoms with E-state index in [1.807, 2.05) is 24.3 Å². The summed E-state index contributed by atoms with van der Waals surface area (Å²) in [7, 11) is 0. The van der Waals surface area contributed by atoms with Gasteiger partial charge in [-0.2, -0.15) is 0 Å². The van der Waals surface area contributed by atoms with Crippen molar-refractivity contribution in [3.63, 3.8) is 0 Å². The minimum absolute atomic E-state index is 0.0434. The fraction of sp³-hybridized carbons (Fsp3) is 0.432. The highest BCUT2D eigenvalue weighted by molar-refractivity contribution is 5.89. The molecule has 4 nitrogen and oxygen atoms in total. The fourth-order valence-corrected chi connectivity index (χ4v) is 7.04. The Morgan fingerprint density at radius 3 is 1.98 bits per heavy atom. The first-order chi connectivity index (χ1) is 20.1. The number of benzene rings is 3. The maximum Gasteiger partial charge on any atom is 0.155 e. The van der Waals surface area contributed by atoms with Crippen molar-refractivity contribution in [3.05, 3.63) is 120 Å². The van der Waals surface area contributed by atoms with Crippen LogP contribution in [0, 0.1) is 17.8 Å². The molecule has 5 rings (SSSR count). The van der Waals surface area contributed by atoms with Gasteiger partial charge in [-0.3, -0.25) is 4.79 Å². The van der Waals surface area contributed by atoms with Crippen molar-refractivity contribution in [2.24, 2.45) is 17.8 Å². The van der Waals surface area contributed by atoms with Crippen molar-refractivity contribution >= 4 is 5.78 Å². The number of aliphatic hydroxyl groups is 1. The Balaban J connectivity index is 1.23. The Morgan fingerprint density at radius 2 is 1.41 bits per heavy atom. The molecule has 41 heavy (non-hydrogen) atoms. The van der Waals surface area contributed by atoms with Gasteiger partial charge in [0.05, 0.1) is 25.4 Å². The second-order valence-electron chi connectivity index (χ2n) is 11.7. The van der Waals surface area contributed by atoms with E-state index in [4.69, 9.17) is 9.47 Å². The van der Waals surface area contributed by atoms with Crippen LogP contribution >= 0.6 is 0 Å². The third kappa shape index (κ3) is 6.89. The van der Waals surface area contributed by atoms with Gasteiger partial charge in [0.25, 0.3) is 0 Å². The first-order valence-corrected chi connectivity index (χ1v) is 15.4. The smallest absolute Gasteiger partial charge is 0.155 e. The van der Waals surface area contributed by atoms with E-state index in [0.717, 1.165) is 55.2 Å². The molecule has 2 aliphatic rings. The van der Waals surface area contributed by atoms with E-state index in [2.05, 4.69) is 79.7 Å². The topological polar surface area (TPSA) is 55.8 Å². The van der Waals surface area contributed by atoms with E-state index < -0.39 is 5.60 Å². The van der Waals surface area contributed by atoms with Gasteiger partial charge in [-0.1, -0.05) is 117 Å². The molecular weight excluding hydrogens is 508 g/mol. The van der Waals surface area contributed by atoms with Crippen molar-refractivity contribution < 1.29 is 19.4 Å². The summed E-state index contributed by atoms with van der Waals surface area (Å²) in [6.07, 6.45) is 9.91. The number of hydrogen-bond acceptors (Lipinski definition) is 4. The van der Waals surface area contributed by atoms with Crippen LogP contribution in [0.1, 0.15) is 68.6 Å². The molecule has 2 saturated carbocycles. The van der Waals surface area contributed by atoms with E-state index in [9.17, 15) is 9.90 Å². The summed E-state index contributed by atoms with van der Waals surface area (Å²) in [5.74, 6) is 1.03. The summed E-state index contributed by atoms with van der Waals surface area (Å²) in [6.45, 7) is 3.09. The van der Waals surface area contributed by atoms with Crippen molar-refractivity contribution in [1.82, 2.24) is 0 Å². The van der Waals surface area contributed by atoms with Gasteiger partial charge in [0.2, 0.25) is 0 Å².